The molecule has 2 N–H and O–H groups in total. The minimum absolute atomic E-state index is 0. The third kappa shape index (κ3) is 3.76. The maximum absolute atomic E-state index is 7.00. The molecule has 1 radical (unpaired) electrons. The van der Waals surface area contributed by atoms with Crippen molar-refractivity contribution in [3.63, 3.8) is 0 Å². The Bertz CT molecular complexity index is 220. The highest BCUT2D eigenvalue weighted by Gasteiger charge is 1.94. The van der Waals surface area contributed by atoms with Gasteiger partial charge in [-0.2, -0.15) is 0 Å². The average Bonchev–Trinajstić information content (AvgIpc) is 2.02. The summed E-state index contributed by atoms with van der Waals surface area (Å²) in [5.41, 5.74) is 2.30. The van der Waals surface area contributed by atoms with Crippen LogP contribution in [0, 0.1) is 13.8 Å². The van der Waals surface area contributed by atoms with E-state index in [4.69, 9.17) is 21.6 Å². The Hall–Kier alpha value is -0.505. The van der Waals surface area contributed by atoms with Crippen molar-refractivity contribution >= 4 is 19.3 Å². The zero-order chi connectivity index (χ0) is 9.56. The van der Waals surface area contributed by atoms with Crippen molar-refractivity contribution in [2.75, 3.05) is 0 Å². The van der Waals surface area contributed by atoms with Crippen molar-refractivity contribution < 1.29 is 10.0 Å². The van der Waals surface area contributed by atoms with E-state index in [0.29, 0.717) is 0 Å². The number of halogens is 1. The van der Waals surface area contributed by atoms with Crippen molar-refractivity contribution in [2.45, 2.75) is 13.8 Å². The first-order chi connectivity index (χ1) is 5.63. The second kappa shape index (κ2) is 6.06. The highest BCUT2D eigenvalue weighted by molar-refractivity contribution is 6.32. The summed E-state index contributed by atoms with van der Waals surface area (Å²) >= 11 is 5.88. The van der Waals surface area contributed by atoms with Crippen LogP contribution in [0.5, 0.6) is 0 Å². The van der Waals surface area contributed by atoms with Gasteiger partial charge in [-0.05, 0) is 25.0 Å². The predicted molar refractivity (Wildman–Crippen MR) is 51.1 cm³/mol. The molecule has 65 valence electrons. The van der Waals surface area contributed by atoms with Crippen molar-refractivity contribution in [3.8, 4) is 0 Å². The van der Waals surface area contributed by atoms with Gasteiger partial charge in [0.1, 0.15) is 0 Å². The molecule has 4 heteroatoms. The van der Waals surface area contributed by atoms with Crippen LogP contribution < -0.4 is 0 Å². The fourth-order valence-electron chi connectivity index (χ4n) is 0.794. The number of rotatable bonds is 0. The van der Waals surface area contributed by atoms with Gasteiger partial charge in [0.05, 0.1) is 0 Å². The molecule has 0 aliphatic heterocycles. The largest absolute Gasteiger partial charge is 0.482 e. The van der Waals surface area contributed by atoms with Gasteiger partial charge in [0.2, 0.25) is 0 Å². The summed E-state index contributed by atoms with van der Waals surface area (Å²) in [4.78, 5) is 0. The molecule has 0 aliphatic carbocycles. The van der Waals surface area contributed by atoms with E-state index in [1.54, 1.807) is 0 Å². The van der Waals surface area contributed by atoms with E-state index in [0.717, 1.165) is 16.1 Å². The highest BCUT2D eigenvalue weighted by atomic mass is 35.5. The van der Waals surface area contributed by atoms with Gasteiger partial charge >= 0.3 is 7.69 Å². The molecule has 1 aromatic carbocycles. The summed E-state index contributed by atoms with van der Waals surface area (Å²) in [6, 6.07) is 6.03. The van der Waals surface area contributed by atoms with Crippen LogP contribution in [-0.2, 0) is 0 Å². The monoisotopic (exact) mass is 185 g/mol. The molecule has 2 nitrogen and oxygen atoms in total. The van der Waals surface area contributed by atoms with E-state index in [9.17, 15) is 0 Å². The Morgan fingerprint density at radius 3 is 1.75 bits per heavy atom. The topological polar surface area (TPSA) is 40.5 Å². The molecule has 0 aliphatic rings. The van der Waals surface area contributed by atoms with E-state index >= 15 is 0 Å². The summed E-state index contributed by atoms with van der Waals surface area (Å²) in [6.07, 6.45) is 0. The van der Waals surface area contributed by atoms with Crippen LogP contribution in [-0.4, -0.2) is 17.7 Å². The summed E-state index contributed by atoms with van der Waals surface area (Å²) < 4.78 is 0. The minimum atomic E-state index is 0. The van der Waals surface area contributed by atoms with Crippen molar-refractivity contribution in [1.82, 2.24) is 0 Å². The van der Waals surface area contributed by atoms with Crippen molar-refractivity contribution in [1.29, 1.82) is 0 Å². The van der Waals surface area contributed by atoms with E-state index in [1.807, 2.05) is 32.0 Å². The Morgan fingerprint density at radius 1 is 1.17 bits per heavy atom. The van der Waals surface area contributed by atoms with Crippen LogP contribution in [0.25, 0.3) is 0 Å². The lowest BCUT2D eigenvalue weighted by molar-refractivity contribution is 0.448. The van der Waals surface area contributed by atoms with Crippen LogP contribution in [0.2, 0.25) is 5.02 Å². The third-order valence-electron chi connectivity index (χ3n) is 1.38. The number of hydrogen-bond donors (Lipinski definition) is 2. The normalized spacial score (nSPS) is 8.42. The summed E-state index contributed by atoms with van der Waals surface area (Å²) in [5, 5.41) is 14.9. The Balaban J connectivity index is 0.000000354. The lowest BCUT2D eigenvalue weighted by atomic mass is 10.2. The fourth-order valence-corrected chi connectivity index (χ4v) is 0.920. The smallest absolute Gasteiger partial charge is 0.429 e. The predicted octanol–water partition coefficient (Wildman–Crippen LogP) is 1.46. The average molecular weight is 185 g/mol. The third-order valence-corrected chi connectivity index (χ3v) is 1.98. The first-order valence-electron chi connectivity index (χ1n) is 3.45. The maximum atomic E-state index is 7.00. The molecular weight excluding hydrogens is 174 g/mol. The molecule has 0 bridgehead atoms. The van der Waals surface area contributed by atoms with Gasteiger partial charge in [-0.25, -0.2) is 0 Å². The zero-order valence-corrected chi connectivity index (χ0v) is 7.84. The molecule has 0 spiro atoms. The molecule has 1 aromatic rings. The van der Waals surface area contributed by atoms with Crippen LogP contribution in [0.3, 0.4) is 0 Å². The minimum Gasteiger partial charge on any atom is -0.429 e. The van der Waals surface area contributed by atoms with Crippen molar-refractivity contribution in [3.05, 3.63) is 34.3 Å². The molecule has 0 unspecified atom stereocenters. The quantitative estimate of drug-likeness (QED) is 0.601. The Morgan fingerprint density at radius 2 is 1.50 bits per heavy atom. The fraction of sp³-hybridized carbons (Fsp3) is 0.250. The van der Waals surface area contributed by atoms with Gasteiger partial charge in [-0.15, -0.1) is 0 Å². The second-order valence-electron chi connectivity index (χ2n) is 2.32. The van der Waals surface area contributed by atoms with E-state index < -0.39 is 0 Å². The standard InChI is InChI=1S/C8H9Cl.BH2O2/c1-6-4-3-5-7(2)8(6)9;2-1-3/h3-5H,1-2H3;2-3H. The first-order valence-corrected chi connectivity index (χ1v) is 3.83. The number of benzene rings is 1. The molecule has 1 rings (SSSR count). The molecule has 0 saturated heterocycles. The van der Waals surface area contributed by atoms with Gasteiger partial charge in [-0.3, -0.25) is 0 Å². The van der Waals surface area contributed by atoms with Gasteiger partial charge in [0.15, 0.2) is 0 Å². The van der Waals surface area contributed by atoms with Gasteiger partial charge in [-0.1, -0.05) is 29.8 Å². The van der Waals surface area contributed by atoms with Gasteiger partial charge in [0, 0.05) is 5.02 Å². The SMILES string of the molecule is Cc1cccc(C)c1Cl.O[B]O. The van der Waals surface area contributed by atoms with E-state index in [-0.39, 0.29) is 7.69 Å². The van der Waals surface area contributed by atoms with E-state index in [1.165, 1.54) is 0 Å². The number of hydrogen-bond acceptors (Lipinski definition) is 2. The lowest BCUT2D eigenvalue weighted by Crippen LogP contribution is -1.77. The summed E-state index contributed by atoms with van der Waals surface area (Å²) in [5.74, 6) is 0. The molecule has 0 saturated carbocycles. The number of aryl methyl sites for hydroxylation is 2. The van der Waals surface area contributed by atoms with Crippen LogP contribution in [0.1, 0.15) is 11.1 Å². The molecule has 0 amide bonds. The maximum Gasteiger partial charge on any atom is 0.482 e. The Kier molecular flexibility index (Phi) is 5.81. The zero-order valence-electron chi connectivity index (χ0n) is 7.08. The molecular formula is C8H11BClO2. The van der Waals surface area contributed by atoms with E-state index in [2.05, 4.69) is 0 Å². The molecule has 0 atom stereocenters. The van der Waals surface area contributed by atoms with Crippen LogP contribution in [0.4, 0.5) is 0 Å². The van der Waals surface area contributed by atoms with Gasteiger partial charge < -0.3 is 10.0 Å². The first kappa shape index (κ1) is 11.5. The van der Waals surface area contributed by atoms with Crippen molar-refractivity contribution in [2.24, 2.45) is 0 Å². The summed E-state index contributed by atoms with van der Waals surface area (Å²) in [6.45, 7) is 4.02. The van der Waals surface area contributed by atoms with Crippen LogP contribution >= 0.6 is 11.6 Å². The van der Waals surface area contributed by atoms with Crippen LogP contribution in [0.15, 0.2) is 18.2 Å². The highest BCUT2D eigenvalue weighted by Crippen LogP contribution is 2.18. The molecule has 0 aromatic heterocycles. The van der Waals surface area contributed by atoms with Gasteiger partial charge in [0.25, 0.3) is 0 Å². The second-order valence-corrected chi connectivity index (χ2v) is 2.70. The lowest BCUT2D eigenvalue weighted by Gasteiger charge is -1.98. The Labute approximate surface area is 78.1 Å². The molecule has 0 fully saturated rings. The molecule has 0 heterocycles. The summed E-state index contributed by atoms with van der Waals surface area (Å²) in [7, 11) is 0. The molecule has 12 heavy (non-hydrogen) atoms.